The molecule has 7 nitrogen and oxygen atoms in total. The third-order valence-electron chi connectivity index (χ3n) is 4.17. The lowest BCUT2D eigenvalue weighted by atomic mass is 10.1. The summed E-state index contributed by atoms with van der Waals surface area (Å²) in [6.45, 7) is 3.39. The summed E-state index contributed by atoms with van der Waals surface area (Å²) in [5.74, 6) is -0.158. The van der Waals surface area contributed by atoms with Gasteiger partial charge in [0.25, 0.3) is 5.91 Å². The number of rotatable bonds is 7. The minimum atomic E-state index is -0.158. The molecule has 0 spiro atoms. The molecule has 1 aromatic heterocycles. The van der Waals surface area contributed by atoms with E-state index in [-0.39, 0.29) is 30.7 Å². The van der Waals surface area contributed by atoms with Gasteiger partial charge in [-0.25, -0.2) is 4.68 Å². The number of nitrogens with one attached hydrogen (secondary N) is 3. The molecular weight excluding hydrogens is 375 g/mol. The largest absolute Gasteiger partial charge is 0.385 e. The number of para-hydroxylation sites is 1. The van der Waals surface area contributed by atoms with Crippen molar-refractivity contribution in [1.82, 2.24) is 25.6 Å². The van der Waals surface area contributed by atoms with Gasteiger partial charge in [0.2, 0.25) is 0 Å². The van der Waals surface area contributed by atoms with Gasteiger partial charge in [-0.3, -0.25) is 4.79 Å². The molecule has 26 heavy (non-hydrogen) atoms. The summed E-state index contributed by atoms with van der Waals surface area (Å²) in [7, 11) is 0. The summed E-state index contributed by atoms with van der Waals surface area (Å²) in [6.07, 6.45) is 4.65. The lowest BCUT2D eigenvalue weighted by Crippen LogP contribution is -2.29. The van der Waals surface area contributed by atoms with Gasteiger partial charge in [0, 0.05) is 18.8 Å². The lowest BCUT2D eigenvalue weighted by molar-refractivity contribution is 0.0948. The van der Waals surface area contributed by atoms with Crippen molar-refractivity contribution in [2.24, 2.45) is 0 Å². The molecule has 2 aromatic rings. The number of nitrogens with zero attached hydrogens (tertiary/aromatic N) is 3. The Morgan fingerprint density at radius 1 is 1.15 bits per heavy atom. The lowest BCUT2D eigenvalue weighted by Gasteiger charge is -2.22. The van der Waals surface area contributed by atoms with E-state index in [1.165, 1.54) is 0 Å². The van der Waals surface area contributed by atoms with Crippen LogP contribution in [0.5, 0.6) is 0 Å². The molecule has 3 N–H and O–H groups in total. The van der Waals surface area contributed by atoms with Gasteiger partial charge < -0.3 is 16.0 Å². The average Bonchev–Trinajstić information content (AvgIpc) is 3.13. The molecule has 0 atom stereocenters. The van der Waals surface area contributed by atoms with E-state index in [0.29, 0.717) is 18.3 Å². The summed E-state index contributed by atoms with van der Waals surface area (Å²) in [4.78, 5) is 12.1. The number of aromatic nitrogens is 3. The van der Waals surface area contributed by atoms with Crippen LogP contribution in [-0.2, 0) is 0 Å². The molecule has 9 heteroatoms. The fraction of sp³-hybridized carbons (Fsp3) is 0.471. The molecule has 3 rings (SSSR count). The van der Waals surface area contributed by atoms with E-state index in [1.807, 2.05) is 35.0 Å². The van der Waals surface area contributed by atoms with Crippen LogP contribution in [0.4, 0.5) is 5.69 Å². The van der Waals surface area contributed by atoms with Gasteiger partial charge >= 0.3 is 0 Å². The van der Waals surface area contributed by atoms with E-state index in [1.54, 1.807) is 6.20 Å². The predicted octanol–water partition coefficient (Wildman–Crippen LogP) is 2.28. The van der Waals surface area contributed by atoms with Crippen LogP contribution in [-0.4, -0.2) is 47.1 Å². The maximum Gasteiger partial charge on any atom is 0.273 e. The number of benzene rings is 1. The number of carbonyl (C=O) groups excluding carboxylic acids is 1. The monoisotopic (exact) mass is 400 g/mol. The van der Waals surface area contributed by atoms with Crippen LogP contribution in [0.3, 0.4) is 0 Å². The highest BCUT2D eigenvalue weighted by molar-refractivity contribution is 5.91. The second-order valence-corrected chi connectivity index (χ2v) is 5.97. The quantitative estimate of drug-likeness (QED) is 0.620. The van der Waals surface area contributed by atoms with Crippen LogP contribution in [0.1, 0.15) is 35.8 Å². The molecule has 144 valence electrons. The number of carbonyl (C=O) groups is 1. The van der Waals surface area contributed by atoms with Crippen molar-refractivity contribution in [3.8, 4) is 0 Å². The van der Waals surface area contributed by atoms with Gasteiger partial charge in [-0.1, -0.05) is 23.4 Å². The summed E-state index contributed by atoms with van der Waals surface area (Å²) in [6, 6.07) is 10.4. The number of hydrogen-bond acceptors (Lipinski definition) is 5. The number of amides is 1. The molecule has 1 saturated heterocycles. The van der Waals surface area contributed by atoms with E-state index in [2.05, 4.69) is 26.3 Å². The molecule has 1 aromatic carbocycles. The van der Waals surface area contributed by atoms with Gasteiger partial charge in [-0.2, -0.15) is 0 Å². The molecule has 2 heterocycles. The number of anilines is 1. The number of halogens is 2. The first-order chi connectivity index (χ1) is 11.8. The van der Waals surface area contributed by atoms with Crippen molar-refractivity contribution in [3.05, 3.63) is 42.2 Å². The highest BCUT2D eigenvalue weighted by atomic mass is 35.5. The predicted molar refractivity (Wildman–Crippen MR) is 108 cm³/mol. The van der Waals surface area contributed by atoms with Crippen LogP contribution >= 0.6 is 24.8 Å². The molecule has 0 unspecified atom stereocenters. The Kier molecular flexibility index (Phi) is 10.0. The highest BCUT2D eigenvalue weighted by Gasteiger charge is 2.18. The minimum absolute atomic E-state index is 0. The molecule has 1 aliphatic rings. The minimum Gasteiger partial charge on any atom is -0.385 e. The van der Waals surface area contributed by atoms with E-state index in [4.69, 9.17) is 0 Å². The Morgan fingerprint density at radius 3 is 2.62 bits per heavy atom. The van der Waals surface area contributed by atoms with Crippen molar-refractivity contribution in [2.75, 3.05) is 31.5 Å². The Labute approximate surface area is 166 Å². The van der Waals surface area contributed by atoms with Crippen LogP contribution in [0.2, 0.25) is 0 Å². The third-order valence-corrected chi connectivity index (χ3v) is 4.17. The maximum absolute atomic E-state index is 12.1. The van der Waals surface area contributed by atoms with Crippen molar-refractivity contribution in [2.45, 2.75) is 25.3 Å². The van der Waals surface area contributed by atoms with Gasteiger partial charge in [0.15, 0.2) is 5.69 Å². The summed E-state index contributed by atoms with van der Waals surface area (Å²) in [5, 5.41) is 17.6. The molecule has 1 amide bonds. The average molecular weight is 401 g/mol. The summed E-state index contributed by atoms with van der Waals surface area (Å²) < 4.78 is 1.83. The first-order valence-electron chi connectivity index (χ1n) is 8.52. The van der Waals surface area contributed by atoms with E-state index < -0.39 is 0 Å². The third kappa shape index (κ3) is 6.48. The first kappa shape index (κ1) is 22.2. The Balaban J connectivity index is 0.00000169. The van der Waals surface area contributed by atoms with Gasteiger partial charge in [0.05, 0.1) is 12.2 Å². The van der Waals surface area contributed by atoms with E-state index in [0.717, 1.165) is 44.6 Å². The van der Waals surface area contributed by atoms with Gasteiger partial charge in [0.1, 0.15) is 0 Å². The zero-order valence-electron chi connectivity index (χ0n) is 14.6. The molecule has 1 aliphatic heterocycles. The molecular formula is C17H26Cl2N6O. The van der Waals surface area contributed by atoms with Gasteiger partial charge in [-0.05, 0) is 44.5 Å². The highest BCUT2D eigenvalue weighted by Crippen LogP contribution is 2.16. The summed E-state index contributed by atoms with van der Waals surface area (Å²) >= 11 is 0. The van der Waals surface area contributed by atoms with Crippen LogP contribution < -0.4 is 16.0 Å². The first-order valence-corrected chi connectivity index (χ1v) is 8.52. The van der Waals surface area contributed by atoms with Crippen LogP contribution in [0, 0.1) is 0 Å². The van der Waals surface area contributed by atoms with Crippen LogP contribution in [0.25, 0.3) is 0 Å². The SMILES string of the molecule is Cl.Cl.O=C(NCCCNc1ccccc1)c1cn(C2CCNCC2)nn1. The molecule has 0 aliphatic carbocycles. The fourth-order valence-corrected chi connectivity index (χ4v) is 2.80. The van der Waals surface area contributed by atoms with E-state index >= 15 is 0 Å². The summed E-state index contributed by atoms with van der Waals surface area (Å²) in [5.41, 5.74) is 1.48. The van der Waals surface area contributed by atoms with Crippen molar-refractivity contribution in [1.29, 1.82) is 0 Å². The Bertz CT molecular complexity index is 646. The number of piperidine rings is 1. The zero-order valence-corrected chi connectivity index (χ0v) is 16.2. The molecule has 0 bridgehead atoms. The van der Waals surface area contributed by atoms with Crippen LogP contribution in [0.15, 0.2) is 36.5 Å². The normalized spacial score (nSPS) is 14.0. The van der Waals surface area contributed by atoms with Crippen molar-refractivity contribution in [3.63, 3.8) is 0 Å². The smallest absolute Gasteiger partial charge is 0.273 e. The second-order valence-electron chi connectivity index (χ2n) is 5.97. The van der Waals surface area contributed by atoms with Crippen molar-refractivity contribution >= 4 is 36.4 Å². The standard InChI is InChI=1S/C17H24N6O.2ClH/c24-17(20-10-4-9-19-14-5-2-1-3-6-14)16-13-23(22-21-16)15-7-11-18-12-8-15;;/h1-3,5-6,13,15,18-19H,4,7-12H2,(H,20,24);2*1H. The van der Waals surface area contributed by atoms with Crippen molar-refractivity contribution < 1.29 is 4.79 Å². The number of hydrogen-bond donors (Lipinski definition) is 3. The fourth-order valence-electron chi connectivity index (χ4n) is 2.80. The molecule has 1 fully saturated rings. The maximum atomic E-state index is 12.1. The second kappa shape index (κ2) is 11.7. The molecule has 0 saturated carbocycles. The topological polar surface area (TPSA) is 83.9 Å². The Morgan fingerprint density at radius 2 is 1.88 bits per heavy atom. The molecule has 0 radical (unpaired) electrons. The zero-order chi connectivity index (χ0) is 16.6. The Hall–Kier alpha value is -1.83. The van der Waals surface area contributed by atoms with Gasteiger partial charge in [-0.15, -0.1) is 29.9 Å². The van der Waals surface area contributed by atoms with E-state index in [9.17, 15) is 4.79 Å².